The van der Waals surface area contributed by atoms with Crippen LogP contribution in [-0.4, -0.2) is 50.2 Å². The van der Waals surface area contributed by atoms with Crippen LogP contribution in [0.3, 0.4) is 0 Å². The third kappa shape index (κ3) is 302. The Morgan fingerprint density at radius 3 is 0.500 bits per heavy atom. The smallest absolute Gasteiger partial charge is 1.00 e. The Morgan fingerprint density at radius 2 is 0.500 bits per heavy atom. The van der Waals surface area contributed by atoms with Gasteiger partial charge in [0.2, 0.25) is 0 Å². The molecule has 0 atom stereocenters. The first kappa shape index (κ1) is 699. The predicted molar refractivity (Wildman–Crippen MR) is 32.7 cm³/mol. The molecule has 0 saturated carbocycles. The van der Waals surface area contributed by atoms with E-state index in [0.29, 0.717) is 0 Å². The van der Waals surface area contributed by atoms with Crippen molar-refractivity contribution in [1.82, 2.24) is 0 Å². The van der Waals surface area contributed by atoms with Crippen molar-refractivity contribution in [1.29, 1.82) is 0 Å². The van der Waals surface area contributed by atoms with Crippen molar-refractivity contribution in [3.8, 4) is 0 Å². The van der Waals surface area contributed by atoms with E-state index in [1.807, 2.05) is 0 Å². The van der Waals surface area contributed by atoms with Gasteiger partial charge in [-0.15, -0.1) is 0 Å². The molecule has 8 heteroatoms. The molecule has 0 unspecified atom stereocenters. The monoisotopic (exact) mass is 146 g/mol. The molecule has 0 saturated heterocycles. The summed E-state index contributed by atoms with van der Waals surface area (Å²) in [6.07, 6.45) is 0. The fourth-order valence-electron chi connectivity index (χ4n) is 0. The summed E-state index contributed by atoms with van der Waals surface area (Å²) in [5, 5.41) is 0. The van der Waals surface area contributed by atoms with Gasteiger partial charge in [-0.05, 0) is 0 Å². The largest absolute Gasteiger partial charge is 1.00 e. The van der Waals surface area contributed by atoms with Crippen LogP contribution >= 0.6 is 0 Å². The number of hydrogen-bond donors (Lipinski definition) is 0. The van der Waals surface area contributed by atoms with E-state index in [0.717, 1.165) is 0 Å². The minimum absolute atomic E-state index is 0. The van der Waals surface area contributed by atoms with Crippen LogP contribution in [0.5, 0.6) is 0 Å². The molecule has 8 heavy (non-hydrogen) atoms. The summed E-state index contributed by atoms with van der Waals surface area (Å²) in [6, 6.07) is 0. The third-order valence-electron chi connectivity index (χ3n) is 0. The van der Waals surface area contributed by atoms with Gasteiger partial charge in [0.25, 0.3) is 0 Å². The van der Waals surface area contributed by atoms with Gasteiger partial charge in [-0.3, -0.25) is 0 Å². The van der Waals surface area contributed by atoms with E-state index >= 15 is 0 Å². The fourth-order valence-corrected chi connectivity index (χ4v) is 0. The minimum atomic E-state index is 0. The van der Waals surface area contributed by atoms with Gasteiger partial charge in [-0.1, -0.05) is 0 Å². The second-order valence-electron chi connectivity index (χ2n) is 0. The Hall–Kier alpha value is 0.890. The summed E-state index contributed by atoms with van der Waals surface area (Å²) in [6.45, 7) is 0. The van der Waals surface area contributed by atoms with Gasteiger partial charge in [0, 0.05) is 0 Å². The molecule has 0 aliphatic rings. The molecule has 0 spiro atoms. The molecule has 12 N–H and O–H groups in total. The first-order chi connectivity index (χ1) is 0. The molecule has 0 rings (SSSR count). The maximum absolute atomic E-state index is 0. The zero-order valence-corrected chi connectivity index (χ0v) is 4.00. The Balaban J connectivity index is 0. The van der Waals surface area contributed by atoms with Crippen molar-refractivity contribution < 1.29 is 53.1 Å². The molecule has 0 fully saturated rings. The van der Waals surface area contributed by atoms with E-state index in [1.54, 1.807) is 0 Å². The molecule has 0 aliphatic carbocycles. The van der Waals surface area contributed by atoms with Crippen LogP contribution in [0.25, 0.3) is 0 Å². The number of rotatable bonds is 0. The summed E-state index contributed by atoms with van der Waals surface area (Å²) < 4.78 is 0. The molecule has 0 amide bonds. The van der Waals surface area contributed by atoms with E-state index in [2.05, 4.69) is 0 Å². The van der Waals surface area contributed by atoms with Crippen molar-refractivity contribution in [2.45, 2.75) is 0 Å². The normalized spacial score (nSPS) is 0. The molecular weight excluding hydrogens is 130 g/mol. The predicted octanol–water partition coefficient (Wildman–Crippen LogP) is -9.02. The van der Waals surface area contributed by atoms with Crippen molar-refractivity contribution in [3.05, 3.63) is 0 Å². The zero-order chi connectivity index (χ0) is 0. The van der Waals surface area contributed by atoms with Crippen LogP contribution in [0.4, 0.5) is 0 Å². The van der Waals surface area contributed by atoms with Gasteiger partial charge < -0.3 is 34.3 Å². The molecule has 0 aromatic carbocycles. The molecule has 6 nitrogen and oxygen atoms in total. The average Bonchev–Trinajstić information content (AvgIpc) is 0. The summed E-state index contributed by atoms with van der Waals surface area (Å²) in [5.41, 5.74) is 0. The standard InChI is InChI=1S/Al.Li.6H2O.4H/h;;6*1H2;;;;/q;+1;;;;;;;;;;-1. The molecule has 0 aliphatic heterocycles. The number of hydrogen-bond acceptors (Lipinski definition) is 0. The van der Waals surface area contributed by atoms with Crippen LogP contribution in [-0.2, 0) is 0 Å². The van der Waals surface area contributed by atoms with Gasteiger partial charge in [-0.25, -0.2) is 0 Å². The van der Waals surface area contributed by atoms with Gasteiger partial charge in [0.05, 0.1) is 0 Å². The molecule has 0 bridgehead atoms. The summed E-state index contributed by atoms with van der Waals surface area (Å²) in [4.78, 5) is 0. The fraction of sp³-hybridized carbons (Fsp3) is 0. The minimum Gasteiger partial charge on any atom is -1.00 e. The summed E-state index contributed by atoms with van der Waals surface area (Å²) in [7, 11) is 0. The summed E-state index contributed by atoms with van der Waals surface area (Å²) in [5.74, 6) is 0. The van der Waals surface area contributed by atoms with Crippen LogP contribution in [0.2, 0.25) is 0 Å². The van der Waals surface area contributed by atoms with Crippen LogP contribution in [0.1, 0.15) is 1.43 Å². The molecule has 56 valence electrons. The van der Waals surface area contributed by atoms with Crippen molar-refractivity contribution >= 4 is 17.4 Å². The first-order valence-electron chi connectivity index (χ1n) is 0. The van der Waals surface area contributed by atoms with Crippen LogP contribution in [0, 0.1) is 0 Å². The van der Waals surface area contributed by atoms with Crippen LogP contribution < -0.4 is 18.9 Å². The van der Waals surface area contributed by atoms with Gasteiger partial charge >= 0.3 is 18.9 Å². The van der Waals surface area contributed by atoms with E-state index in [1.165, 1.54) is 0 Å². The van der Waals surface area contributed by atoms with Crippen molar-refractivity contribution in [2.75, 3.05) is 0 Å². The molecule has 0 aromatic heterocycles. The SMILES string of the molecule is O.O.O.O.O.O.[AlH3].[H-].[Li+]. The van der Waals surface area contributed by atoms with E-state index in [-0.39, 0.29) is 70.5 Å². The molecular formula is H16AlLiO6. The quantitative estimate of drug-likeness (QED) is 0.293. The third-order valence-corrected chi connectivity index (χ3v) is 0. The van der Waals surface area contributed by atoms with E-state index in [9.17, 15) is 0 Å². The maximum Gasteiger partial charge on any atom is 1.00 e. The Bertz CT molecular complexity index is 13.0. The van der Waals surface area contributed by atoms with Gasteiger partial charge in [0.1, 0.15) is 0 Å². The second kappa shape index (κ2) is 473. The molecule has 0 aromatic rings. The van der Waals surface area contributed by atoms with Crippen molar-refractivity contribution in [3.63, 3.8) is 0 Å². The van der Waals surface area contributed by atoms with E-state index < -0.39 is 0 Å². The average molecular weight is 146 g/mol. The topological polar surface area (TPSA) is 189 Å². The summed E-state index contributed by atoms with van der Waals surface area (Å²) >= 11 is 0. The van der Waals surface area contributed by atoms with Crippen molar-refractivity contribution in [2.24, 2.45) is 0 Å². The van der Waals surface area contributed by atoms with Crippen LogP contribution in [0.15, 0.2) is 0 Å². The van der Waals surface area contributed by atoms with Gasteiger partial charge in [0.15, 0.2) is 17.4 Å². The Morgan fingerprint density at radius 1 is 0.500 bits per heavy atom. The molecule has 0 radical (unpaired) electrons. The maximum atomic E-state index is 0. The zero-order valence-electron chi connectivity index (χ0n) is 5.00. The Kier molecular flexibility index (Phi) is 41300. The van der Waals surface area contributed by atoms with Gasteiger partial charge in [-0.2, -0.15) is 0 Å². The first-order valence-corrected chi connectivity index (χ1v) is 0. The second-order valence-corrected chi connectivity index (χ2v) is 0. The van der Waals surface area contributed by atoms with E-state index in [4.69, 9.17) is 0 Å². The Labute approximate surface area is 70.9 Å². The molecule has 0 heterocycles.